The number of benzene rings is 1. The van der Waals surface area contributed by atoms with Gasteiger partial charge in [-0.05, 0) is 25.0 Å². The molecule has 1 amide bonds. The molecule has 0 bridgehead atoms. The van der Waals surface area contributed by atoms with E-state index in [0.717, 1.165) is 11.1 Å². The monoisotopic (exact) mass is 223 g/mol. The maximum atomic E-state index is 10.7. The molecular formula is C12H17NO3. The Hall–Kier alpha value is -1.55. The fourth-order valence-corrected chi connectivity index (χ4v) is 1.64. The zero-order valence-corrected chi connectivity index (χ0v) is 9.56. The Balaban J connectivity index is 2.75. The van der Waals surface area contributed by atoms with Crippen molar-refractivity contribution < 1.29 is 14.6 Å². The van der Waals surface area contributed by atoms with E-state index in [0.29, 0.717) is 6.42 Å². The number of carbonyl (C=O) groups is 1. The summed E-state index contributed by atoms with van der Waals surface area (Å²) in [6, 6.07) is 7.50. The minimum atomic E-state index is -0.775. The van der Waals surface area contributed by atoms with Crippen LogP contribution in [0.25, 0.3) is 0 Å². The summed E-state index contributed by atoms with van der Waals surface area (Å²) < 4.78 is 4.99. The summed E-state index contributed by atoms with van der Waals surface area (Å²) >= 11 is 0. The van der Waals surface area contributed by atoms with Crippen molar-refractivity contribution in [3.63, 3.8) is 0 Å². The number of ether oxygens (including phenoxy) is 1. The molecular weight excluding hydrogens is 206 g/mol. The Morgan fingerprint density at radius 3 is 2.62 bits per heavy atom. The molecule has 4 nitrogen and oxygen atoms in total. The molecule has 0 saturated heterocycles. The Kier molecular flexibility index (Phi) is 3.90. The highest BCUT2D eigenvalue weighted by Crippen LogP contribution is 2.17. The van der Waals surface area contributed by atoms with Gasteiger partial charge in [-0.2, -0.15) is 0 Å². The van der Waals surface area contributed by atoms with Crippen LogP contribution < -0.4 is 5.73 Å². The summed E-state index contributed by atoms with van der Waals surface area (Å²) in [6.45, 7) is 3.59. The summed E-state index contributed by atoms with van der Waals surface area (Å²) in [5.74, 6) is 0. The first-order valence-corrected chi connectivity index (χ1v) is 5.10. The van der Waals surface area contributed by atoms with Crippen molar-refractivity contribution in [2.24, 2.45) is 5.73 Å². The van der Waals surface area contributed by atoms with Crippen LogP contribution in [0, 0.1) is 0 Å². The van der Waals surface area contributed by atoms with E-state index in [1.54, 1.807) is 13.8 Å². The molecule has 0 saturated carbocycles. The van der Waals surface area contributed by atoms with Crippen LogP contribution in [-0.4, -0.2) is 16.8 Å². The van der Waals surface area contributed by atoms with Crippen LogP contribution in [0.5, 0.6) is 0 Å². The van der Waals surface area contributed by atoms with Crippen LogP contribution in [0.2, 0.25) is 0 Å². The molecule has 88 valence electrons. The first kappa shape index (κ1) is 12.5. The largest absolute Gasteiger partial charge is 0.443 e. The smallest absolute Gasteiger partial charge is 0.405 e. The molecule has 3 N–H and O–H groups in total. The van der Waals surface area contributed by atoms with E-state index in [4.69, 9.17) is 15.6 Å². The first-order valence-electron chi connectivity index (χ1n) is 5.10. The van der Waals surface area contributed by atoms with E-state index in [1.807, 2.05) is 24.3 Å². The highest BCUT2D eigenvalue weighted by molar-refractivity contribution is 5.65. The molecule has 16 heavy (non-hydrogen) atoms. The van der Waals surface area contributed by atoms with Crippen LogP contribution >= 0.6 is 0 Å². The second kappa shape index (κ2) is 4.99. The molecule has 0 aromatic heterocycles. The molecule has 4 heteroatoms. The molecule has 1 rings (SSSR count). The molecule has 0 aliphatic heterocycles. The van der Waals surface area contributed by atoms with Crippen LogP contribution in [-0.2, 0) is 17.8 Å². The number of hydrogen-bond acceptors (Lipinski definition) is 3. The summed E-state index contributed by atoms with van der Waals surface area (Å²) in [5.41, 5.74) is 6.19. The second-order valence-electron chi connectivity index (χ2n) is 4.34. The third kappa shape index (κ3) is 3.90. The molecule has 1 aromatic carbocycles. The van der Waals surface area contributed by atoms with Gasteiger partial charge < -0.3 is 15.6 Å². The molecule has 1 aromatic rings. The third-order valence-corrected chi connectivity index (χ3v) is 2.18. The van der Waals surface area contributed by atoms with Gasteiger partial charge in [-0.25, -0.2) is 4.79 Å². The van der Waals surface area contributed by atoms with Crippen molar-refractivity contribution in [2.45, 2.75) is 32.5 Å². The number of hydrogen-bond donors (Lipinski definition) is 2. The fourth-order valence-electron chi connectivity index (χ4n) is 1.64. The van der Waals surface area contributed by atoms with E-state index in [-0.39, 0.29) is 6.61 Å². The first-order chi connectivity index (χ1) is 7.43. The predicted octanol–water partition coefficient (Wildman–Crippen LogP) is 1.60. The van der Waals surface area contributed by atoms with Gasteiger partial charge in [0.1, 0.15) is 5.60 Å². The van der Waals surface area contributed by atoms with E-state index in [9.17, 15) is 4.79 Å². The van der Waals surface area contributed by atoms with Crippen molar-refractivity contribution in [3.8, 4) is 0 Å². The van der Waals surface area contributed by atoms with Gasteiger partial charge in [0.25, 0.3) is 0 Å². The Morgan fingerprint density at radius 2 is 2.06 bits per heavy atom. The lowest BCUT2D eigenvalue weighted by atomic mass is 9.97. The second-order valence-corrected chi connectivity index (χ2v) is 4.34. The van der Waals surface area contributed by atoms with Crippen LogP contribution in [0.1, 0.15) is 25.0 Å². The molecule has 0 unspecified atom stereocenters. The van der Waals surface area contributed by atoms with Crippen molar-refractivity contribution in [3.05, 3.63) is 35.4 Å². The van der Waals surface area contributed by atoms with E-state index >= 15 is 0 Å². The summed E-state index contributed by atoms with van der Waals surface area (Å²) in [5, 5.41) is 9.00. The molecule has 0 heterocycles. The minimum Gasteiger partial charge on any atom is -0.443 e. The fraction of sp³-hybridized carbons (Fsp3) is 0.417. The third-order valence-electron chi connectivity index (χ3n) is 2.18. The van der Waals surface area contributed by atoms with Crippen LogP contribution in [0.4, 0.5) is 4.79 Å². The zero-order chi connectivity index (χ0) is 12.2. The number of nitrogens with two attached hydrogens (primary N) is 1. The maximum absolute atomic E-state index is 10.7. The lowest BCUT2D eigenvalue weighted by molar-refractivity contribution is 0.0460. The molecule has 0 atom stereocenters. The van der Waals surface area contributed by atoms with Gasteiger partial charge >= 0.3 is 6.09 Å². The van der Waals surface area contributed by atoms with Crippen molar-refractivity contribution in [1.82, 2.24) is 0 Å². The highest BCUT2D eigenvalue weighted by atomic mass is 16.6. The molecule has 0 aliphatic rings. The van der Waals surface area contributed by atoms with Gasteiger partial charge in [0.15, 0.2) is 0 Å². The summed E-state index contributed by atoms with van der Waals surface area (Å²) in [4.78, 5) is 10.7. The van der Waals surface area contributed by atoms with Crippen molar-refractivity contribution in [2.75, 3.05) is 0 Å². The number of primary amides is 1. The lowest BCUT2D eigenvalue weighted by Crippen LogP contribution is -2.33. The predicted molar refractivity (Wildman–Crippen MR) is 60.8 cm³/mol. The van der Waals surface area contributed by atoms with Gasteiger partial charge in [-0.3, -0.25) is 0 Å². The average molecular weight is 223 g/mol. The minimum absolute atomic E-state index is 0.00491. The Morgan fingerprint density at radius 1 is 1.44 bits per heavy atom. The van der Waals surface area contributed by atoms with Gasteiger partial charge in [0.2, 0.25) is 0 Å². The summed E-state index contributed by atoms with van der Waals surface area (Å²) in [6.07, 6.45) is -0.215. The Labute approximate surface area is 95.0 Å². The van der Waals surface area contributed by atoms with E-state index in [1.165, 1.54) is 0 Å². The molecule has 0 fully saturated rings. The number of aliphatic hydroxyl groups excluding tert-OH is 1. The van der Waals surface area contributed by atoms with Crippen molar-refractivity contribution >= 4 is 6.09 Å². The van der Waals surface area contributed by atoms with E-state index < -0.39 is 11.7 Å². The standard InChI is InChI=1S/C12H17NO3/c1-12(2,16-11(13)15)7-9-4-3-5-10(6-9)8-14/h3-6,14H,7-8H2,1-2H3,(H2,13,15). The zero-order valence-electron chi connectivity index (χ0n) is 9.56. The lowest BCUT2D eigenvalue weighted by Gasteiger charge is -2.24. The SMILES string of the molecule is CC(C)(Cc1cccc(CO)c1)OC(N)=O. The van der Waals surface area contributed by atoms with Gasteiger partial charge in [0.05, 0.1) is 6.61 Å². The van der Waals surface area contributed by atoms with Crippen LogP contribution in [0.15, 0.2) is 24.3 Å². The number of rotatable bonds is 4. The van der Waals surface area contributed by atoms with E-state index in [2.05, 4.69) is 0 Å². The molecule has 0 spiro atoms. The Bertz CT molecular complexity index is 374. The number of amides is 1. The van der Waals surface area contributed by atoms with Crippen LogP contribution in [0.3, 0.4) is 0 Å². The topological polar surface area (TPSA) is 72.6 Å². The molecule has 0 radical (unpaired) electrons. The summed E-state index contributed by atoms with van der Waals surface area (Å²) in [7, 11) is 0. The number of carbonyl (C=O) groups excluding carboxylic acids is 1. The number of aliphatic hydroxyl groups is 1. The van der Waals surface area contributed by atoms with Gasteiger partial charge in [0, 0.05) is 6.42 Å². The average Bonchev–Trinajstić information content (AvgIpc) is 2.15. The molecule has 0 aliphatic carbocycles. The van der Waals surface area contributed by atoms with Gasteiger partial charge in [-0.15, -0.1) is 0 Å². The van der Waals surface area contributed by atoms with Crippen molar-refractivity contribution in [1.29, 1.82) is 0 Å². The normalized spacial score (nSPS) is 11.2. The van der Waals surface area contributed by atoms with Gasteiger partial charge in [-0.1, -0.05) is 24.3 Å². The quantitative estimate of drug-likeness (QED) is 0.814. The maximum Gasteiger partial charge on any atom is 0.405 e. The highest BCUT2D eigenvalue weighted by Gasteiger charge is 2.22.